The molecule has 0 saturated heterocycles. The number of aryl methyl sites for hydroxylation is 1. The summed E-state index contributed by atoms with van der Waals surface area (Å²) in [7, 11) is 4.51. The Balaban J connectivity index is 2.95. The third-order valence-corrected chi connectivity index (χ3v) is 3.41. The van der Waals surface area contributed by atoms with Gasteiger partial charge in [0, 0.05) is 23.8 Å². The van der Waals surface area contributed by atoms with Crippen LogP contribution in [0.1, 0.15) is 16.1 Å². The molecule has 0 radical (unpaired) electrons. The highest BCUT2D eigenvalue weighted by molar-refractivity contribution is 8.00. The summed E-state index contributed by atoms with van der Waals surface area (Å²) in [6.45, 7) is 1.83. The molecule has 0 N–H and O–H groups in total. The van der Waals surface area contributed by atoms with Crippen LogP contribution in [0.25, 0.3) is 0 Å². The maximum Gasteiger partial charge on any atom is 0.340 e. The number of rotatable bonds is 4. The Kier molecular flexibility index (Phi) is 4.62. The first kappa shape index (κ1) is 13.6. The van der Waals surface area contributed by atoms with Crippen molar-refractivity contribution in [2.24, 2.45) is 7.05 Å². The molecule has 5 nitrogen and oxygen atoms in total. The fourth-order valence-electron chi connectivity index (χ4n) is 1.35. The molecule has 6 heteroatoms. The molecule has 94 valence electrons. The quantitative estimate of drug-likeness (QED) is 0.602. The number of nitrogens with zero attached hydrogens (tertiary/aromatic N) is 1. The summed E-state index contributed by atoms with van der Waals surface area (Å²) < 4.78 is 11.1. The first-order valence-corrected chi connectivity index (χ1v) is 5.93. The number of hydrogen-bond acceptors (Lipinski definition) is 5. The van der Waals surface area contributed by atoms with E-state index in [9.17, 15) is 9.59 Å². The Morgan fingerprint density at radius 1 is 1.35 bits per heavy atom. The molecule has 1 aromatic heterocycles. The highest BCUT2D eigenvalue weighted by Gasteiger charge is 2.19. The number of carbonyl (C=O) groups excluding carboxylic acids is 2. The van der Waals surface area contributed by atoms with Crippen LogP contribution in [0.4, 0.5) is 0 Å². The summed E-state index contributed by atoms with van der Waals surface area (Å²) in [5.41, 5.74) is 1.31. The van der Waals surface area contributed by atoms with Gasteiger partial charge >= 0.3 is 11.9 Å². The Hall–Kier alpha value is -1.43. The predicted molar refractivity (Wildman–Crippen MR) is 64.2 cm³/mol. The molecule has 0 bridgehead atoms. The largest absolute Gasteiger partial charge is 0.468 e. The smallest absolute Gasteiger partial charge is 0.340 e. The van der Waals surface area contributed by atoms with Crippen molar-refractivity contribution >= 4 is 23.7 Å². The van der Waals surface area contributed by atoms with Gasteiger partial charge < -0.3 is 14.0 Å². The van der Waals surface area contributed by atoms with E-state index in [0.717, 1.165) is 10.6 Å². The highest BCUT2D eigenvalue weighted by atomic mass is 32.2. The summed E-state index contributed by atoms with van der Waals surface area (Å²) in [5.74, 6) is -0.549. The third-order valence-electron chi connectivity index (χ3n) is 2.41. The van der Waals surface area contributed by atoms with E-state index in [1.165, 1.54) is 26.0 Å². The number of methoxy groups -OCH3 is 2. The van der Waals surface area contributed by atoms with E-state index in [2.05, 4.69) is 4.74 Å². The van der Waals surface area contributed by atoms with E-state index < -0.39 is 5.97 Å². The van der Waals surface area contributed by atoms with Crippen molar-refractivity contribution in [3.8, 4) is 0 Å². The maximum absolute atomic E-state index is 11.6. The minimum atomic E-state index is -0.393. The second-order valence-electron chi connectivity index (χ2n) is 3.42. The van der Waals surface area contributed by atoms with Crippen molar-refractivity contribution in [3.63, 3.8) is 0 Å². The molecule has 0 aliphatic heterocycles. The number of carbonyl (C=O) groups is 2. The molecular weight excluding hydrogens is 242 g/mol. The topological polar surface area (TPSA) is 57.5 Å². The average Bonchev–Trinajstić information content (AvgIpc) is 2.61. The van der Waals surface area contributed by atoms with Gasteiger partial charge in [0.05, 0.1) is 25.5 Å². The molecule has 0 amide bonds. The van der Waals surface area contributed by atoms with Gasteiger partial charge in [-0.3, -0.25) is 4.79 Å². The summed E-state index contributed by atoms with van der Waals surface area (Å²) in [6.07, 6.45) is 1.80. The van der Waals surface area contributed by atoms with Gasteiger partial charge in [-0.15, -0.1) is 11.8 Å². The van der Waals surface area contributed by atoms with Gasteiger partial charge in [0.15, 0.2) is 0 Å². The van der Waals surface area contributed by atoms with Crippen molar-refractivity contribution in [1.29, 1.82) is 0 Å². The summed E-state index contributed by atoms with van der Waals surface area (Å²) in [5, 5.41) is 0. The molecule has 0 fully saturated rings. The lowest BCUT2D eigenvalue weighted by Gasteiger charge is -2.03. The zero-order chi connectivity index (χ0) is 13.0. The SMILES string of the molecule is COC(=O)CSc1cn(C)c(C)c1C(=O)OC. The molecule has 0 aliphatic carbocycles. The molecule has 0 unspecified atom stereocenters. The first-order valence-electron chi connectivity index (χ1n) is 4.95. The lowest BCUT2D eigenvalue weighted by atomic mass is 10.2. The number of thioether (sulfide) groups is 1. The highest BCUT2D eigenvalue weighted by Crippen LogP contribution is 2.27. The molecular formula is C11H15NO4S. The van der Waals surface area contributed by atoms with E-state index in [4.69, 9.17) is 4.74 Å². The second-order valence-corrected chi connectivity index (χ2v) is 4.44. The number of aromatic nitrogens is 1. The number of hydrogen-bond donors (Lipinski definition) is 0. The van der Waals surface area contributed by atoms with Crippen molar-refractivity contribution < 1.29 is 19.1 Å². The van der Waals surface area contributed by atoms with E-state index >= 15 is 0 Å². The van der Waals surface area contributed by atoms with Crippen molar-refractivity contribution in [1.82, 2.24) is 4.57 Å². The van der Waals surface area contributed by atoms with Gasteiger partial charge in [-0.2, -0.15) is 0 Å². The van der Waals surface area contributed by atoms with Gasteiger partial charge in [-0.25, -0.2) is 4.79 Å². The van der Waals surface area contributed by atoms with Gasteiger partial charge in [-0.1, -0.05) is 0 Å². The molecule has 1 aromatic rings. The second kappa shape index (κ2) is 5.77. The van der Waals surface area contributed by atoms with Crippen LogP contribution in [0, 0.1) is 6.92 Å². The van der Waals surface area contributed by atoms with Crippen LogP contribution < -0.4 is 0 Å². The van der Waals surface area contributed by atoms with E-state index in [0.29, 0.717) is 5.56 Å². The predicted octanol–water partition coefficient (Wildman–Crippen LogP) is 1.39. The Morgan fingerprint density at radius 3 is 2.53 bits per heavy atom. The normalized spacial score (nSPS) is 10.1. The Morgan fingerprint density at radius 2 is 2.00 bits per heavy atom. The molecule has 0 saturated carbocycles. The van der Waals surface area contributed by atoms with E-state index in [1.807, 2.05) is 18.5 Å². The van der Waals surface area contributed by atoms with Crippen LogP contribution >= 0.6 is 11.8 Å². The van der Waals surface area contributed by atoms with Gasteiger partial charge in [-0.05, 0) is 6.92 Å². The zero-order valence-corrected chi connectivity index (χ0v) is 11.1. The molecule has 0 aromatic carbocycles. The lowest BCUT2D eigenvalue weighted by Crippen LogP contribution is -2.06. The monoisotopic (exact) mass is 257 g/mol. The summed E-state index contributed by atoms with van der Waals surface area (Å²) >= 11 is 1.26. The van der Waals surface area contributed by atoms with Crippen LogP contribution in [0.3, 0.4) is 0 Å². The van der Waals surface area contributed by atoms with Crippen LogP contribution in [-0.4, -0.2) is 36.5 Å². The summed E-state index contributed by atoms with van der Waals surface area (Å²) in [4.78, 5) is 23.4. The van der Waals surface area contributed by atoms with Crippen LogP contribution in [-0.2, 0) is 21.3 Å². The Bertz CT molecular complexity index is 439. The minimum absolute atomic E-state index is 0.171. The third kappa shape index (κ3) is 3.03. The number of esters is 2. The van der Waals surface area contributed by atoms with Crippen molar-refractivity contribution in [2.45, 2.75) is 11.8 Å². The number of ether oxygens (including phenoxy) is 2. The molecule has 0 atom stereocenters. The molecule has 17 heavy (non-hydrogen) atoms. The van der Waals surface area contributed by atoms with Gasteiger partial charge in [0.25, 0.3) is 0 Å². The van der Waals surface area contributed by atoms with Gasteiger partial charge in [0.1, 0.15) is 0 Å². The van der Waals surface area contributed by atoms with Crippen LogP contribution in [0.2, 0.25) is 0 Å². The van der Waals surface area contributed by atoms with E-state index in [-0.39, 0.29) is 11.7 Å². The fraction of sp³-hybridized carbons (Fsp3) is 0.455. The fourth-order valence-corrected chi connectivity index (χ4v) is 2.35. The van der Waals surface area contributed by atoms with Crippen molar-refractivity contribution in [3.05, 3.63) is 17.5 Å². The van der Waals surface area contributed by atoms with Crippen LogP contribution in [0.15, 0.2) is 11.1 Å². The first-order chi connectivity index (χ1) is 8.01. The molecule has 1 rings (SSSR count). The zero-order valence-electron chi connectivity index (χ0n) is 10.3. The molecule has 0 aliphatic rings. The van der Waals surface area contributed by atoms with Crippen LogP contribution in [0.5, 0.6) is 0 Å². The molecule has 0 spiro atoms. The summed E-state index contributed by atoms with van der Waals surface area (Å²) in [6, 6.07) is 0. The molecule has 1 heterocycles. The Labute approximate surface area is 104 Å². The standard InChI is InChI=1S/C11H15NO4S/c1-7-10(11(14)16-4)8(5-12(7)2)17-6-9(13)15-3/h5H,6H2,1-4H3. The van der Waals surface area contributed by atoms with Crippen molar-refractivity contribution in [2.75, 3.05) is 20.0 Å². The van der Waals surface area contributed by atoms with Gasteiger partial charge in [0.2, 0.25) is 0 Å². The van der Waals surface area contributed by atoms with E-state index in [1.54, 1.807) is 6.20 Å². The minimum Gasteiger partial charge on any atom is -0.468 e. The lowest BCUT2D eigenvalue weighted by molar-refractivity contribution is -0.137. The maximum atomic E-state index is 11.6. The average molecular weight is 257 g/mol.